The lowest BCUT2D eigenvalue weighted by Gasteiger charge is -2.30. The number of carbonyl (C=O) groups excluding carboxylic acids is 1. The molecule has 3 aromatic rings. The maximum absolute atomic E-state index is 13.4. The average molecular weight is 475 g/mol. The lowest BCUT2D eigenvalue weighted by Crippen LogP contribution is -2.48. The molecule has 0 bridgehead atoms. The van der Waals surface area contributed by atoms with E-state index in [4.69, 9.17) is 4.52 Å². The van der Waals surface area contributed by atoms with Gasteiger partial charge in [0.1, 0.15) is 5.82 Å². The number of carbonyl (C=O) groups is 1. The third kappa shape index (κ3) is 5.83. The van der Waals surface area contributed by atoms with Gasteiger partial charge in [-0.15, -0.1) is 0 Å². The molecule has 9 heteroatoms. The Bertz CT molecular complexity index is 1080. The van der Waals surface area contributed by atoms with Crippen molar-refractivity contribution in [2.24, 2.45) is 0 Å². The van der Waals surface area contributed by atoms with Crippen molar-refractivity contribution in [3.05, 3.63) is 77.7 Å². The molecular formula is C25H25F4N3O2. The van der Waals surface area contributed by atoms with Gasteiger partial charge in [-0.05, 0) is 49.1 Å². The third-order valence-electron chi connectivity index (χ3n) is 6.04. The van der Waals surface area contributed by atoms with Gasteiger partial charge in [-0.2, -0.15) is 13.2 Å². The lowest BCUT2D eigenvalue weighted by molar-refractivity contribution is -0.187. The second kappa shape index (κ2) is 10.4. The van der Waals surface area contributed by atoms with Crippen LogP contribution in [-0.4, -0.2) is 52.7 Å². The molecule has 180 valence electrons. The summed E-state index contributed by atoms with van der Waals surface area (Å²) in [6.07, 6.45) is -2.25. The van der Waals surface area contributed by atoms with E-state index in [1.807, 2.05) is 30.3 Å². The highest BCUT2D eigenvalue weighted by atomic mass is 19.4. The number of aryl methyl sites for hydroxylation is 1. The maximum Gasteiger partial charge on any atom is 0.471 e. The van der Waals surface area contributed by atoms with Crippen molar-refractivity contribution >= 4 is 5.91 Å². The SMILES string of the molecule is O=C(N(CCCc1cnoc1-c1ccc(F)cc1)C1CCN(Cc2ccccc2)C1)C(F)(F)F. The Kier molecular flexibility index (Phi) is 7.31. The molecule has 5 nitrogen and oxygen atoms in total. The summed E-state index contributed by atoms with van der Waals surface area (Å²) in [7, 11) is 0. The highest BCUT2D eigenvalue weighted by molar-refractivity contribution is 5.82. The first kappa shape index (κ1) is 23.9. The van der Waals surface area contributed by atoms with Crippen molar-refractivity contribution in [3.63, 3.8) is 0 Å². The third-order valence-corrected chi connectivity index (χ3v) is 6.04. The van der Waals surface area contributed by atoms with Crippen LogP contribution < -0.4 is 0 Å². The van der Waals surface area contributed by atoms with E-state index in [9.17, 15) is 22.4 Å². The van der Waals surface area contributed by atoms with Gasteiger partial charge in [-0.1, -0.05) is 35.5 Å². The van der Waals surface area contributed by atoms with Crippen molar-refractivity contribution in [1.82, 2.24) is 15.0 Å². The molecule has 34 heavy (non-hydrogen) atoms. The van der Waals surface area contributed by atoms with Crippen molar-refractivity contribution in [3.8, 4) is 11.3 Å². The van der Waals surface area contributed by atoms with Gasteiger partial charge in [0.2, 0.25) is 0 Å². The lowest BCUT2D eigenvalue weighted by atomic mass is 10.0. The number of halogens is 4. The number of hydrogen-bond acceptors (Lipinski definition) is 4. The minimum Gasteiger partial charge on any atom is -0.356 e. The molecule has 1 aliphatic rings. The molecule has 0 saturated carbocycles. The summed E-state index contributed by atoms with van der Waals surface area (Å²) in [6, 6.07) is 14.9. The summed E-state index contributed by atoms with van der Waals surface area (Å²) in [4.78, 5) is 15.3. The van der Waals surface area contributed by atoms with Crippen LogP contribution in [0, 0.1) is 5.82 Å². The van der Waals surface area contributed by atoms with Gasteiger partial charge >= 0.3 is 12.1 Å². The smallest absolute Gasteiger partial charge is 0.356 e. The molecule has 1 aromatic heterocycles. The quantitative estimate of drug-likeness (QED) is 0.427. The molecule has 1 fully saturated rings. The van der Waals surface area contributed by atoms with E-state index >= 15 is 0 Å². The van der Waals surface area contributed by atoms with Crippen molar-refractivity contribution in [2.45, 2.75) is 38.0 Å². The highest BCUT2D eigenvalue weighted by Crippen LogP contribution is 2.27. The van der Waals surface area contributed by atoms with Crippen LogP contribution in [-0.2, 0) is 17.8 Å². The molecule has 1 aliphatic heterocycles. The van der Waals surface area contributed by atoms with Gasteiger partial charge < -0.3 is 9.42 Å². The topological polar surface area (TPSA) is 49.6 Å². The van der Waals surface area contributed by atoms with E-state index in [-0.39, 0.29) is 12.4 Å². The van der Waals surface area contributed by atoms with E-state index in [1.54, 1.807) is 12.1 Å². The Hall–Kier alpha value is -3.20. The first-order chi connectivity index (χ1) is 16.3. The molecule has 0 aliphatic carbocycles. The molecular weight excluding hydrogens is 450 g/mol. The highest BCUT2D eigenvalue weighted by Gasteiger charge is 2.45. The summed E-state index contributed by atoms with van der Waals surface area (Å²) in [5.41, 5.74) is 2.41. The first-order valence-electron chi connectivity index (χ1n) is 11.1. The average Bonchev–Trinajstić information content (AvgIpc) is 3.47. The summed E-state index contributed by atoms with van der Waals surface area (Å²) in [5.74, 6) is -1.74. The zero-order chi connectivity index (χ0) is 24.1. The van der Waals surface area contributed by atoms with Crippen LogP contribution in [0.5, 0.6) is 0 Å². The van der Waals surface area contributed by atoms with Crippen LogP contribution in [0.25, 0.3) is 11.3 Å². The summed E-state index contributed by atoms with van der Waals surface area (Å²) in [6.45, 7) is 1.62. The van der Waals surface area contributed by atoms with Crippen molar-refractivity contribution in [1.29, 1.82) is 0 Å². The zero-order valence-electron chi connectivity index (χ0n) is 18.5. The normalized spacial score (nSPS) is 16.6. The minimum absolute atomic E-state index is 0.0315. The van der Waals surface area contributed by atoms with Crippen LogP contribution >= 0.6 is 0 Å². The van der Waals surface area contributed by atoms with Gasteiger partial charge in [-0.25, -0.2) is 4.39 Å². The second-order valence-electron chi connectivity index (χ2n) is 8.45. The van der Waals surface area contributed by atoms with Crippen LogP contribution in [0.2, 0.25) is 0 Å². The van der Waals surface area contributed by atoms with Gasteiger partial charge in [-0.3, -0.25) is 9.69 Å². The number of alkyl halides is 3. The number of nitrogens with zero attached hydrogens (tertiary/aromatic N) is 3. The second-order valence-corrected chi connectivity index (χ2v) is 8.45. The molecule has 0 N–H and O–H groups in total. The van der Waals surface area contributed by atoms with E-state index in [2.05, 4.69) is 10.1 Å². The van der Waals surface area contributed by atoms with Gasteiger partial charge in [0, 0.05) is 43.3 Å². The standard InChI is InChI=1S/C25H25F4N3O2/c26-21-10-8-19(9-11-21)23-20(15-30-34-23)7-4-13-32(24(33)25(27,28)29)22-12-14-31(17-22)16-18-5-2-1-3-6-18/h1-3,5-6,8-11,15,22H,4,7,12-14,16-17H2. The molecule has 1 unspecified atom stereocenters. The fraction of sp³-hybridized carbons (Fsp3) is 0.360. The van der Waals surface area contributed by atoms with Crippen molar-refractivity contribution < 1.29 is 26.9 Å². The molecule has 1 amide bonds. The van der Waals surface area contributed by atoms with E-state index in [0.717, 1.165) is 10.5 Å². The Morgan fingerprint density at radius 1 is 1.12 bits per heavy atom. The minimum atomic E-state index is -4.93. The predicted octanol–water partition coefficient (Wildman–Crippen LogP) is 5.08. The predicted molar refractivity (Wildman–Crippen MR) is 118 cm³/mol. The van der Waals surface area contributed by atoms with E-state index in [1.165, 1.54) is 18.3 Å². The van der Waals surface area contributed by atoms with Crippen LogP contribution in [0.15, 0.2) is 65.3 Å². The Balaban J connectivity index is 1.40. The van der Waals surface area contributed by atoms with Crippen molar-refractivity contribution in [2.75, 3.05) is 19.6 Å². The monoisotopic (exact) mass is 475 g/mol. The zero-order valence-corrected chi connectivity index (χ0v) is 18.5. The largest absolute Gasteiger partial charge is 0.471 e. The number of likely N-dealkylation sites (tertiary alicyclic amines) is 1. The van der Waals surface area contributed by atoms with E-state index in [0.29, 0.717) is 55.8 Å². The fourth-order valence-electron chi connectivity index (χ4n) is 4.38. The van der Waals surface area contributed by atoms with Gasteiger partial charge in [0.15, 0.2) is 5.76 Å². The number of benzene rings is 2. The van der Waals surface area contributed by atoms with Gasteiger partial charge in [0.05, 0.1) is 6.20 Å². The molecule has 1 saturated heterocycles. The Labute approximate surface area is 194 Å². The number of hydrogen-bond donors (Lipinski definition) is 0. The molecule has 1 atom stereocenters. The van der Waals surface area contributed by atoms with Crippen LogP contribution in [0.4, 0.5) is 17.6 Å². The number of aromatic nitrogens is 1. The van der Waals surface area contributed by atoms with Gasteiger partial charge in [0.25, 0.3) is 0 Å². The van der Waals surface area contributed by atoms with Crippen LogP contribution in [0.3, 0.4) is 0 Å². The molecule has 0 radical (unpaired) electrons. The molecule has 0 spiro atoms. The summed E-state index contributed by atoms with van der Waals surface area (Å²) >= 11 is 0. The fourth-order valence-corrected chi connectivity index (χ4v) is 4.38. The first-order valence-corrected chi connectivity index (χ1v) is 11.1. The van der Waals surface area contributed by atoms with Crippen LogP contribution in [0.1, 0.15) is 24.0 Å². The summed E-state index contributed by atoms with van der Waals surface area (Å²) in [5, 5.41) is 3.78. The maximum atomic E-state index is 13.4. The molecule has 4 rings (SSSR count). The number of amides is 1. The molecule has 2 heterocycles. The number of rotatable bonds is 8. The Morgan fingerprint density at radius 2 is 1.85 bits per heavy atom. The molecule has 2 aromatic carbocycles. The summed E-state index contributed by atoms with van der Waals surface area (Å²) < 4.78 is 58.6. The van der Waals surface area contributed by atoms with E-state index < -0.39 is 18.1 Å². The Morgan fingerprint density at radius 3 is 2.56 bits per heavy atom.